The highest BCUT2D eigenvalue weighted by Crippen LogP contribution is 2.30. The van der Waals surface area contributed by atoms with Crippen molar-refractivity contribution >= 4 is 29.5 Å². The van der Waals surface area contributed by atoms with E-state index in [9.17, 15) is 24.0 Å². The number of nitrogens with zero attached hydrogens (tertiary/aromatic N) is 2. The van der Waals surface area contributed by atoms with Crippen LogP contribution in [-0.2, 0) is 39.9 Å². The highest BCUT2D eigenvalue weighted by atomic mass is 16.5. The molecule has 0 unspecified atom stereocenters. The summed E-state index contributed by atoms with van der Waals surface area (Å²) in [6, 6.07) is 7.43. The van der Waals surface area contributed by atoms with E-state index >= 15 is 0 Å². The van der Waals surface area contributed by atoms with Crippen LogP contribution in [0.3, 0.4) is 0 Å². The summed E-state index contributed by atoms with van der Waals surface area (Å²) in [6.45, 7) is 16.2. The van der Waals surface area contributed by atoms with Crippen molar-refractivity contribution < 1.29 is 33.4 Å². The molecule has 306 valence electrons. The first kappa shape index (κ1) is 46.8. The lowest BCUT2D eigenvalue weighted by molar-refractivity contribution is -0.144. The fourth-order valence-electron chi connectivity index (χ4n) is 7.52. The molecule has 0 bridgehead atoms. The number of likely N-dealkylation sites (tertiary alicyclic amines) is 1. The number of hydrogen-bond donors (Lipinski definition) is 4. The van der Waals surface area contributed by atoms with Gasteiger partial charge in [0.15, 0.2) is 0 Å². The van der Waals surface area contributed by atoms with Gasteiger partial charge in [-0.3, -0.25) is 34.2 Å². The largest absolute Gasteiger partial charge is 0.379 e. The number of imide groups is 1. The molecule has 0 aliphatic carbocycles. The molecule has 13 nitrogen and oxygen atoms in total. The van der Waals surface area contributed by atoms with Crippen LogP contribution < -0.4 is 21.3 Å². The Hall–Kier alpha value is -3.39. The summed E-state index contributed by atoms with van der Waals surface area (Å²) in [5.74, 6) is -2.30. The molecule has 1 aliphatic heterocycles. The van der Waals surface area contributed by atoms with E-state index in [0.29, 0.717) is 25.9 Å². The van der Waals surface area contributed by atoms with Crippen molar-refractivity contribution in [2.75, 3.05) is 41.4 Å². The number of benzene rings is 1. The number of nitrogens with one attached hydrogen (secondary N) is 4. The average Bonchev–Trinajstić information content (AvgIpc) is 3.63. The fourth-order valence-corrected chi connectivity index (χ4v) is 7.52. The summed E-state index contributed by atoms with van der Waals surface area (Å²) in [7, 11) is 6.66. The molecule has 5 amide bonds. The molecule has 1 fully saturated rings. The standard InChI is InChI=1S/C41H70N6O7/c1-13-22-43-38(50)30(24-29-19-16-15-17-20-29)44-37(49)28(6)36(54-12)31-21-18-23-47(31)33(48)25-32(53-11)35(27(5)14-2)46(10)34(26(3)4)39(51)45-40(52)41(7,8)42-9/h15-17,19-20,26-28,30-32,34-36,42H,13-14,18,21-25H2,1-12H3,(H,43,50)(H,44,49)(H,45,51,52)/t27-,28+,30-,31-,32+,34-,35-,36+/m0/s1. The summed E-state index contributed by atoms with van der Waals surface area (Å²) in [6.07, 6.45) is 2.16. The van der Waals surface area contributed by atoms with Gasteiger partial charge in [-0.05, 0) is 64.6 Å². The van der Waals surface area contributed by atoms with E-state index in [4.69, 9.17) is 9.47 Å². The molecule has 0 aromatic heterocycles. The zero-order valence-corrected chi connectivity index (χ0v) is 35.0. The van der Waals surface area contributed by atoms with Crippen LogP contribution in [0, 0.1) is 17.8 Å². The second-order valence-corrected chi connectivity index (χ2v) is 15.7. The first-order valence-electron chi connectivity index (χ1n) is 19.7. The average molecular weight is 759 g/mol. The maximum Gasteiger partial charge on any atom is 0.246 e. The Morgan fingerprint density at radius 2 is 1.61 bits per heavy atom. The zero-order chi connectivity index (χ0) is 40.7. The maximum absolute atomic E-state index is 14.3. The number of methoxy groups -OCH3 is 2. The quantitative estimate of drug-likeness (QED) is 0.139. The number of likely N-dealkylation sites (N-methyl/N-ethyl adjacent to an activating group) is 2. The third kappa shape index (κ3) is 12.6. The van der Waals surface area contributed by atoms with E-state index in [1.807, 2.05) is 63.1 Å². The van der Waals surface area contributed by atoms with E-state index in [0.717, 1.165) is 24.8 Å². The first-order chi connectivity index (χ1) is 25.5. The van der Waals surface area contributed by atoms with Crippen molar-refractivity contribution in [3.8, 4) is 0 Å². The van der Waals surface area contributed by atoms with Crippen LogP contribution in [0.1, 0.15) is 93.1 Å². The van der Waals surface area contributed by atoms with Gasteiger partial charge in [0.25, 0.3) is 0 Å². The van der Waals surface area contributed by atoms with Gasteiger partial charge in [-0.25, -0.2) is 0 Å². The van der Waals surface area contributed by atoms with Crippen molar-refractivity contribution in [3.63, 3.8) is 0 Å². The third-order valence-electron chi connectivity index (χ3n) is 11.2. The van der Waals surface area contributed by atoms with Crippen molar-refractivity contribution in [1.82, 2.24) is 31.1 Å². The third-order valence-corrected chi connectivity index (χ3v) is 11.2. The van der Waals surface area contributed by atoms with E-state index in [2.05, 4.69) is 35.1 Å². The smallest absolute Gasteiger partial charge is 0.246 e. The molecule has 0 radical (unpaired) electrons. The van der Waals surface area contributed by atoms with Crippen LogP contribution in [0.2, 0.25) is 0 Å². The molecule has 1 saturated heterocycles. The first-order valence-corrected chi connectivity index (χ1v) is 19.7. The molecule has 54 heavy (non-hydrogen) atoms. The number of rotatable bonds is 22. The minimum absolute atomic E-state index is 0.0365. The lowest BCUT2D eigenvalue weighted by atomic mass is 9.87. The van der Waals surface area contributed by atoms with Crippen LogP contribution in [0.4, 0.5) is 0 Å². The number of ether oxygens (including phenoxy) is 2. The maximum atomic E-state index is 14.3. The number of hydrogen-bond acceptors (Lipinski definition) is 9. The predicted octanol–water partition coefficient (Wildman–Crippen LogP) is 3.30. The van der Waals surface area contributed by atoms with Crippen LogP contribution >= 0.6 is 0 Å². The summed E-state index contributed by atoms with van der Waals surface area (Å²) in [5.41, 5.74) is -0.0103. The Bertz CT molecular complexity index is 1360. The van der Waals surface area contributed by atoms with Crippen molar-refractivity contribution in [2.45, 2.75) is 136 Å². The Labute approximate surface area is 324 Å². The highest BCUT2D eigenvalue weighted by molar-refractivity contribution is 6.01. The van der Waals surface area contributed by atoms with Gasteiger partial charge in [0.2, 0.25) is 29.5 Å². The minimum atomic E-state index is -0.939. The Kier molecular flexibility index (Phi) is 19.3. The van der Waals surface area contributed by atoms with Crippen molar-refractivity contribution in [3.05, 3.63) is 35.9 Å². The molecule has 2 rings (SSSR count). The van der Waals surface area contributed by atoms with Gasteiger partial charge in [0.05, 0.1) is 42.2 Å². The SMILES string of the molecule is CCCNC(=O)[C@H](Cc1ccccc1)NC(=O)[C@H](C)[C@@H](OC)[C@@H]1CCCN1C(=O)C[C@@H](OC)[C@H]([C@@H](C)CC)N(C)[C@H](C(=O)NC(=O)C(C)(C)NC)C(C)C. The van der Waals surface area contributed by atoms with Crippen LogP contribution in [0.25, 0.3) is 0 Å². The van der Waals surface area contributed by atoms with Crippen molar-refractivity contribution in [2.24, 2.45) is 17.8 Å². The topological polar surface area (TPSA) is 158 Å². The summed E-state index contributed by atoms with van der Waals surface area (Å²) in [5, 5.41) is 11.4. The minimum Gasteiger partial charge on any atom is -0.379 e. The van der Waals surface area contributed by atoms with Gasteiger partial charge < -0.3 is 30.3 Å². The van der Waals surface area contributed by atoms with Gasteiger partial charge >= 0.3 is 0 Å². The van der Waals surface area contributed by atoms with Gasteiger partial charge in [0.1, 0.15) is 6.04 Å². The number of amides is 5. The van der Waals surface area contributed by atoms with Gasteiger partial charge in [-0.2, -0.15) is 0 Å². The highest BCUT2D eigenvalue weighted by Gasteiger charge is 2.44. The second-order valence-electron chi connectivity index (χ2n) is 15.7. The molecule has 8 atom stereocenters. The molecule has 13 heteroatoms. The summed E-state index contributed by atoms with van der Waals surface area (Å²) in [4.78, 5) is 71.6. The second kappa shape index (κ2) is 22.2. The molecule has 1 aliphatic rings. The van der Waals surface area contributed by atoms with Gasteiger partial charge in [-0.15, -0.1) is 0 Å². The molecule has 1 heterocycles. The Balaban J connectivity index is 2.30. The molecular weight excluding hydrogens is 688 g/mol. The van der Waals surface area contributed by atoms with E-state index in [-0.39, 0.29) is 48.1 Å². The van der Waals surface area contributed by atoms with E-state index < -0.39 is 47.6 Å². The van der Waals surface area contributed by atoms with Crippen molar-refractivity contribution in [1.29, 1.82) is 0 Å². The zero-order valence-electron chi connectivity index (χ0n) is 35.0. The van der Waals surface area contributed by atoms with Crippen LogP contribution in [0.5, 0.6) is 0 Å². The van der Waals surface area contributed by atoms with E-state index in [1.165, 1.54) is 0 Å². The van der Waals surface area contributed by atoms with Gasteiger partial charge in [0, 0.05) is 39.8 Å². The predicted molar refractivity (Wildman–Crippen MR) is 211 cm³/mol. The molecule has 4 N–H and O–H groups in total. The normalized spacial score (nSPS) is 18.7. The van der Waals surface area contributed by atoms with Gasteiger partial charge in [-0.1, -0.05) is 78.3 Å². The number of carbonyl (C=O) groups is 5. The summed E-state index contributed by atoms with van der Waals surface area (Å²) < 4.78 is 12.0. The summed E-state index contributed by atoms with van der Waals surface area (Å²) >= 11 is 0. The lowest BCUT2D eigenvalue weighted by Gasteiger charge is -2.43. The molecular formula is C41H70N6O7. The Morgan fingerprint density at radius 3 is 2.15 bits per heavy atom. The lowest BCUT2D eigenvalue weighted by Crippen LogP contribution is -2.61. The molecule has 0 saturated carbocycles. The van der Waals surface area contributed by atoms with E-state index in [1.54, 1.807) is 46.9 Å². The molecule has 1 aromatic rings. The van der Waals surface area contributed by atoms with Crippen LogP contribution in [0.15, 0.2) is 30.3 Å². The number of carbonyl (C=O) groups excluding carboxylic acids is 5. The Morgan fingerprint density at radius 1 is 0.963 bits per heavy atom. The molecule has 0 spiro atoms. The monoisotopic (exact) mass is 759 g/mol. The van der Waals surface area contributed by atoms with Crippen LogP contribution in [-0.4, -0.2) is 123 Å². The molecule has 1 aromatic carbocycles. The fraction of sp³-hybridized carbons (Fsp3) is 0.732.